The second-order valence-corrected chi connectivity index (χ2v) is 4.89. The second kappa shape index (κ2) is 4.03. The zero-order valence-electron chi connectivity index (χ0n) is 5.35. The van der Waals surface area contributed by atoms with Crippen LogP contribution in [0.15, 0.2) is 0 Å². The van der Waals surface area contributed by atoms with Gasteiger partial charge in [0.15, 0.2) is 0 Å². The third kappa shape index (κ3) is 2.27. The minimum atomic E-state index is 0.473. The summed E-state index contributed by atoms with van der Waals surface area (Å²) in [5.74, 6) is 0. The summed E-state index contributed by atoms with van der Waals surface area (Å²) in [4.78, 5) is 0. The molecule has 1 nitrogen and oxygen atoms in total. The molecule has 0 amide bonds. The molecule has 54 valence electrons. The van der Waals surface area contributed by atoms with Gasteiger partial charge in [0, 0.05) is 11.3 Å². The molecule has 0 aromatic rings. The van der Waals surface area contributed by atoms with Crippen molar-refractivity contribution in [3.63, 3.8) is 0 Å². The molecule has 0 bridgehead atoms. The van der Waals surface area contributed by atoms with E-state index in [0.29, 0.717) is 6.04 Å². The van der Waals surface area contributed by atoms with Crippen molar-refractivity contribution >= 4 is 30.1 Å². The molecule has 1 unspecified atom stereocenters. The standard InChI is InChI=1S/C6H12INS/c7-9-6-4-2-1-3-5(6)8/h5-6H,1-4,8H2/t5?,6-/m0/s1. The molecule has 1 aliphatic carbocycles. The van der Waals surface area contributed by atoms with E-state index in [2.05, 4.69) is 21.2 Å². The molecule has 0 saturated heterocycles. The van der Waals surface area contributed by atoms with E-state index in [0.717, 1.165) is 5.25 Å². The smallest absolute Gasteiger partial charge is 0.0299 e. The van der Waals surface area contributed by atoms with E-state index in [4.69, 9.17) is 5.73 Å². The molecule has 9 heavy (non-hydrogen) atoms. The highest BCUT2D eigenvalue weighted by molar-refractivity contribution is 14.2. The minimum absolute atomic E-state index is 0.473. The van der Waals surface area contributed by atoms with Crippen molar-refractivity contribution in [2.45, 2.75) is 37.0 Å². The van der Waals surface area contributed by atoms with Crippen LogP contribution in [0.5, 0.6) is 0 Å². The molecule has 0 heterocycles. The Kier molecular flexibility index (Phi) is 3.65. The van der Waals surface area contributed by atoms with Crippen molar-refractivity contribution in [3.8, 4) is 0 Å². The first-order valence-corrected chi connectivity index (χ1v) is 6.80. The fourth-order valence-electron chi connectivity index (χ4n) is 1.24. The van der Waals surface area contributed by atoms with Crippen LogP contribution in [0.4, 0.5) is 0 Å². The molecular formula is C6H12INS. The lowest BCUT2D eigenvalue weighted by Crippen LogP contribution is -2.34. The summed E-state index contributed by atoms with van der Waals surface area (Å²) in [6.07, 6.45) is 5.29. The Morgan fingerprint density at radius 1 is 1.33 bits per heavy atom. The average Bonchev–Trinajstić information content (AvgIpc) is 1.89. The van der Waals surface area contributed by atoms with Gasteiger partial charge in [-0.25, -0.2) is 0 Å². The lowest BCUT2D eigenvalue weighted by atomic mass is 9.96. The largest absolute Gasteiger partial charge is 0.327 e. The van der Waals surface area contributed by atoms with Gasteiger partial charge in [-0.2, -0.15) is 0 Å². The first-order chi connectivity index (χ1) is 4.34. The van der Waals surface area contributed by atoms with Gasteiger partial charge < -0.3 is 5.73 Å². The second-order valence-electron chi connectivity index (χ2n) is 2.58. The number of hydrogen-bond acceptors (Lipinski definition) is 2. The van der Waals surface area contributed by atoms with E-state index >= 15 is 0 Å². The maximum absolute atomic E-state index is 5.86. The Hall–Kier alpha value is 1.04. The SMILES string of the molecule is NC1CCCC[C@@H]1SI. The summed E-state index contributed by atoms with van der Waals surface area (Å²) in [5, 5.41) is 0.736. The maximum atomic E-state index is 5.86. The monoisotopic (exact) mass is 257 g/mol. The van der Waals surface area contributed by atoms with Crippen LogP contribution in [0, 0.1) is 0 Å². The molecule has 1 saturated carbocycles. The van der Waals surface area contributed by atoms with Gasteiger partial charge in [-0.05, 0) is 34.0 Å². The summed E-state index contributed by atoms with van der Waals surface area (Å²) in [6, 6.07) is 0.473. The number of rotatable bonds is 1. The van der Waals surface area contributed by atoms with Crippen molar-refractivity contribution < 1.29 is 0 Å². The van der Waals surface area contributed by atoms with Gasteiger partial charge in [0.2, 0.25) is 0 Å². The highest BCUT2D eigenvalue weighted by Crippen LogP contribution is 2.31. The Bertz CT molecular complexity index is 89.1. The fraction of sp³-hybridized carbons (Fsp3) is 1.00. The van der Waals surface area contributed by atoms with Crippen molar-refractivity contribution in [2.24, 2.45) is 5.73 Å². The number of halogens is 1. The molecular weight excluding hydrogens is 245 g/mol. The summed E-state index contributed by atoms with van der Waals surface area (Å²) >= 11 is 2.36. The van der Waals surface area contributed by atoms with Crippen LogP contribution < -0.4 is 5.73 Å². The van der Waals surface area contributed by atoms with E-state index in [1.165, 1.54) is 25.7 Å². The van der Waals surface area contributed by atoms with Gasteiger partial charge in [-0.15, -0.1) is 0 Å². The molecule has 0 aromatic heterocycles. The van der Waals surface area contributed by atoms with Crippen LogP contribution in [0.3, 0.4) is 0 Å². The Labute approximate surface area is 72.7 Å². The van der Waals surface area contributed by atoms with Crippen molar-refractivity contribution in [1.29, 1.82) is 0 Å². The van der Waals surface area contributed by atoms with Crippen molar-refractivity contribution in [2.75, 3.05) is 0 Å². The third-order valence-electron chi connectivity index (χ3n) is 1.87. The molecule has 1 aliphatic rings. The Morgan fingerprint density at radius 3 is 2.44 bits per heavy atom. The molecule has 1 fully saturated rings. The minimum Gasteiger partial charge on any atom is -0.327 e. The zero-order valence-corrected chi connectivity index (χ0v) is 8.32. The molecule has 2 atom stereocenters. The first-order valence-electron chi connectivity index (χ1n) is 3.37. The van der Waals surface area contributed by atoms with Gasteiger partial charge in [-0.1, -0.05) is 21.8 Å². The predicted octanol–water partition coefficient (Wildman–Crippen LogP) is 2.34. The topological polar surface area (TPSA) is 26.0 Å². The highest BCUT2D eigenvalue weighted by atomic mass is 127. The van der Waals surface area contributed by atoms with E-state index in [1.807, 2.05) is 8.93 Å². The zero-order chi connectivity index (χ0) is 6.69. The van der Waals surface area contributed by atoms with E-state index < -0.39 is 0 Å². The van der Waals surface area contributed by atoms with Crippen LogP contribution in [0.2, 0.25) is 0 Å². The summed E-state index contributed by atoms with van der Waals surface area (Å²) in [7, 11) is 1.90. The van der Waals surface area contributed by atoms with Gasteiger partial charge in [0.1, 0.15) is 0 Å². The molecule has 1 rings (SSSR count). The molecule has 0 radical (unpaired) electrons. The van der Waals surface area contributed by atoms with Crippen LogP contribution in [0.25, 0.3) is 0 Å². The van der Waals surface area contributed by atoms with E-state index in [1.54, 1.807) is 0 Å². The third-order valence-corrected chi connectivity index (χ3v) is 4.64. The van der Waals surface area contributed by atoms with E-state index in [9.17, 15) is 0 Å². The molecule has 0 spiro atoms. The summed E-state index contributed by atoms with van der Waals surface area (Å²) < 4.78 is 0. The lowest BCUT2D eigenvalue weighted by Gasteiger charge is -2.25. The molecule has 2 N–H and O–H groups in total. The van der Waals surface area contributed by atoms with Crippen LogP contribution >= 0.6 is 30.1 Å². The summed E-state index contributed by atoms with van der Waals surface area (Å²) in [5.41, 5.74) is 5.86. The van der Waals surface area contributed by atoms with Gasteiger partial charge in [0.05, 0.1) is 0 Å². The average molecular weight is 257 g/mol. The van der Waals surface area contributed by atoms with Gasteiger partial charge in [-0.3, -0.25) is 0 Å². The number of nitrogens with two attached hydrogens (primary N) is 1. The van der Waals surface area contributed by atoms with Gasteiger partial charge >= 0.3 is 0 Å². The Balaban J connectivity index is 2.30. The quantitative estimate of drug-likeness (QED) is 0.729. The van der Waals surface area contributed by atoms with Crippen molar-refractivity contribution in [3.05, 3.63) is 0 Å². The maximum Gasteiger partial charge on any atom is 0.0299 e. The van der Waals surface area contributed by atoms with E-state index in [-0.39, 0.29) is 0 Å². The van der Waals surface area contributed by atoms with Gasteiger partial charge in [0.25, 0.3) is 0 Å². The molecule has 0 aliphatic heterocycles. The normalized spacial score (nSPS) is 36.7. The van der Waals surface area contributed by atoms with Crippen LogP contribution in [-0.2, 0) is 0 Å². The first kappa shape index (κ1) is 8.14. The van der Waals surface area contributed by atoms with Crippen molar-refractivity contribution in [1.82, 2.24) is 0 Å². The predicted molar refractivity (Wildman–Crippen MR) is 51.8 cm³/mol. The fourth-order valence-corrected chi connectivity index (χ4v) is 3.65. The number of hydrogen-bond donors (Lipinski definition) is 1. The Morgan fingerprint density at radius 2 is 2.00 bits per heavy atom. The van der Waals surface area contributed by atoms with Crippen LogP contribution in [-0.4, -0.2) is 11.3 Å². The summed E-state index contributed by atoms with van der Waals surface area (Å²) in [6.45, 7) is 0. The molecule has 0 aromatic carbocycles. The molecule has 3 heteroatoms. The highest BCUT2D eigenvalue weighted by Gasteiger charge is 2.20. The lowest BCUT2D eigenvalue weighted by molar-refractivity contribution is 0.455. The van der Waals surface area contributed by atoms with Crippen LogP contribution in [0.1, 0.15) is 25.7 Å².